The van der Waals surface area contributed by atoms with E-state index in [-0.39, 0.29) is 18.2 Å². The molecule has 2 aliphatic rings. The van der Waals surface area contributed by atoms with E-state index in [0.717, 1.165) is 24.2 Å². The average molecular weight is 383 g/mol. The first-order valence-electron chi connectivity index (χ1n) is 8.86. The molecule has 7 heteroatoms. The van der Waals surface area contributed by atoms with E-state index in [1.807, 2.05) is 30.4 Å². The van der Waals surface area contributed by atoms with Crippen LogP contribution >= 0.6 is 12.6 Å². The minimum Gasteiger partial charge on any atom is -0.352 e. The van der Waals surface area contributed by atoms with Crippen molar-refractivity contribution in [3.05, 3.63) is 65.5 Å². The van der Waals surface area contributed by atoms with E-state index in [9.17, 15) is 14.4 Å². The van der Waals surface area contributed by atoms with Gasteiger partial charge in [0.1, 0.15) is 0 Å². The summed E-state index contributed by atoms with van der Waals surface area (Å²) in [6.45, 7) is 0.532. The first-order chi connectivity index (χ1) is 13.1. The Bertz CT molecular complexity index is 846. The highest BCUT2D eigenvalue weighted by molar-refractivity contribution is 7.80. The van der Waals surface area contributed by atoms with Gasteiger partial charge in [0.25, 0.3) is 5.91 Å². The maximum absolute atomic E-state index is 12.0. The number of carbonyl (C=O) groups excluding carboxylic acids is 3. The largest absolute Gasteiger partial charge is 0.352 e. The van der Waals surface area contributed by atoms with Crippen molar-refractivity contribution in [2.45, 2.75) is 30.6 Å². The fraction of sp³-hybridized carbons (Fsp3) is 0.250. The van der Waals surface area contributed by atoms with Gasteiger partial charge in [-0.2, -0.15) is 0 Å². The number of unbranched alkanes of at least 4 members (excludes halogenated alkanes) is 2. The number of allylic oxidation sites excluding steroid dienone is 4. The SMILES string of the molecule is O=C(CCCCCNC(=O)c1ccccc1S)NC(=O)N1c2cccc1c2. The third-order valence-electron chi connectivity index (χ3n) is 4.31. The summed E-state index contributed by atoms with van der Waals surface area (Å²) in [6, 6.07) is 6.71. The maximum atomic E-state index is 12.0. The molecule has 0 fully saturated rings. The minimum absolute atomic E-state index is 0.151. The topological polar surface area (TPSA) is 78.5 Å². The van der Waals surface area contributed by atoms with E-state index < -0.39 is 6.03 Å². The van der Waals surface area contributed by atoms with Crippen molar-refractivity contribution in [1.29, 1.82) is 0 Å². The summed E-state index contributed by atoms with van der Waals surface area (Å²) in [5.41, 5.74) is 2.13. The highest BCUT2D eigenvalue weighted by Crippen LogP contribution is 2.30. The van der Waals surface area contributed by atoms with Gasteiger partial charge in [-0.15, -0.1) is 12.6 Å². The molecule has 0 saturated carbocycles. The zero-order valence-electron chi connectivity index (χ0n) is 14.8. The Morgan fingerprint density at radius 1 is 1.04 bits per heavy atom. The van der Waals surface area contributed by atoms with Gasteiger partial charge in [0.15, 0.2) is 0 Å². The quantitative estimate of drug-likeness (QED) is 0.500. The molecule has 2 bridgehead atoms. The molecule has 4 amide bonds. The van der Waals surface area contributed by atoms with Gasteiger partial charge in [0, 0.05) is 17.9 Å². The van der Waals surface area contributed by atoms with Gasteiger partial charge in [-0.3, -0.25) is 19.8 Å². The van der Waals surface area contributed by atoms with E-state index in [1.54, 1.807) is 18.2 Å². The standard InChI is InChI=1S/C20H21N3O3S/c24-18(22-20(26)23-14-7-6-8-15(23)13-14)11-2-1-5-12-21-19(25)16-9-3-4-10-17(16)27/h3-4,6-10,13,27H,1-2,5,11-12H2,(H,21,25)(H,22,24,26). The van der Waals surface area contributed by atoms with Crippen LogP contribution in [0.4, 0.5) is 4.79 Å². The van der Waals surface area contributed by atoms with E-state index in [2.05, 4.69) is 23.3 Å². The monoisotopic (exact) mass is 383 g/mol. The summed E-state index contributed by atoms with van der Waals surface area (Å²) in [4.78, 5) is 38.1. The molecule has 0 radical (unpaired) electrons. The number of hydrogen-bond acceptors (Lipinski definition) is 4. The lowest BCUT2D eigenvalue weighted by atomic mass is 10.1. The molecule has 2 aliphatic heterocycles. The Kier molecular flexibility index (Phi) is 6.13. The van der Waals surface area contributed by atoms with Crippen molar-refractivity contribution in [3.8, 4) is 0 Å². The van der Waals surface area contributed by atoms with Gasteiger partial charge in [-0.25, -0.2) is 4.79 Å². The molecule has 0 saturated heterocycles. The predicted molar refractivity (Wildman–Crippen MR) is 105 cm³/mol. The molecule has 0 aliphatic carbocycles. The molecular formula is C20H21N3O3S. The molecule has 27 heavy (non-hydrogen) atoms. The van der Waals surface area contributed by atoms with Crippen LogP contribution in [0.1, 0.15) is 36.0 Å². The van der Waals surface area contributed by atoms with Gasteiger partial charge < -0.3 is 5.32 Å². The van der Waals surface area contributed by atoms with Crippen LogP contribution in [-0.4, -0.2) is 29.3 Å². The second-order valence-corrected chi connectivity index (χ2v) is 6.77. The van der Waals surface area contributed by atoms with E-state index in [1.165, 1.54) is 4.90 Å². The average Bonchev–Trinajstić information content (AvgIpc) is 2.65. The molecule has 0 unspecified atom stereocenters. The Morgan fingerprint density at radius 2 is 1.85 bits per heavy atom. The Morgan fingerprint density at radius 3 is 2.56 bits per heavy atom. The number of amides is 4. The smallest absolute Gasteiger partial charge is 0.333 e. The van der Waals surface area contributed by atoms with Gasteiger partial charge in [-0.05, 0) is 43.2 Å². The minimum atomic E-state index is -0.411. The lowest BCUT2D eigenvalue weighted by Gasteiger charge is -2.34. The summed E-state index contributed by atoms with van der Waals surface area (Å²) in [5.74, 6) is -0.440. The first kappa shape index (κ1) is 19.0. The van der Waals surface area contributed by atoms with E-state index in [4.69, 9.17) is 0 Å². The molecule has 2 N–H and O–H groups in total. The van der Waals surface area contributed by atoms with Gasteiger partial charge in [0.05, 0.1) is 17.0 Å². The Balaban J connectivity index is 1.28. The molecule has 1 aromatic carbocycles. The number of hydrogen-bond donors (Lipinski definition) is 3. The summed E-state index contributed by atoms with van der Waals surface area (Å²) in [6.07, 6.45) is 9.86. The van der Waals surface area contributed by atoms with Gasteiger partial charge in [0.2, 0.25) is 5.91 Å². The number of rotatable bonds is 7. The second-order valence-electron chi connectivity index (χ2n) is 6.29. The third-order valence-corrected chi connectivity index (χ3v) is 4.70. The van der Waals surface area contributed by atoms with Crippen molar-refractivity contribution in [1.82, 2.24) is 15.5 Å². The van der Waals surface area contributed by atoms with E-state index >= 15 is 0 Å². The normalized spacial score (nSPS) is 14.0. The summed E-state index contributed by atoms with van der Waals surface area (Å²) >= 11 is 4.26. The highest BCUT2D eigenvalue weighted by Gasteiger charge is 2.29. The van der Waals surface area contributed by atoms with Gasteiger partial charge >= 0.3 is 6.03 Å². The van der Waals surface area contributed by atoms with Crippen LogP contribution in [0, 0.1) is 0 Å². The van der Waals surface area contributed by atoms with Crippen molar-refractivity contribution < 1.29 is 14.4 Å². The number of fused-ring (bicyclic) bond motifs is 2. The van der Waals surface area contributed by atoms with Crippen LogP contribution in [0.2, 0.25) is 0 Å². The second kappa shape index (κ2) is 8.73. The molecule has 6 nitrogen and oxygen atoms in total. The molecule has 0 aromatic heterocycles. The Labute approximate surface area is 163 Å². The van der Waals surface area contributed by atoms with Crippen molar-refractivity contribution in [2.75, 3.05) is 6.54 Å². The number of nitrogens with zero attached hydrogens (tertiary/aromatic N) is 1. The first-order valence-corrected chi connectivity index (χ1v) is 9.31. The van der Waals surface area contributed by atoms with E-state index in [0.29, 0.717) is 23.4 Å². The van der Waals surface area contributed by atoms with Crippen LogP contribution in [0.15, 0.2) is 64.9 Å². The number of benzene rings is 1. The number of carbonyl (C=O) groups is 3. The van der Waals surface area contributed by atoms with Gasteiger partial charge in [-0.1, -0.05) is 24.6 Å². The fourth-order valence-corrected chi connectivity index (χ4v) is 3.14. The molecule has 140 valence electrons. The molecule has 3 rings (SSSR count). The van der Waals surface area contributed by atoms with Crippen LogP contribution in [-0.2, 0) is 4.79 Å². The molecular weight excluding hydrogens is 362 g/mol. The van der Waals surface area contributed by atoms with Crippen molar-refractivity contribution in [2.24, 2.45) is 0 Å². The third kappa shape index (κ3) is 4.68. The van der Waals surface area contributed by atoms with Crippen LogP contribution < -0.4 is 10.6 Å². The van der Waals surface area contributed by atoms with Crippen LogP contribution in [0.25, 0.3) is 0 Å². The zero-order valence-corrected chi connectivity index (χ0v) is 15.7. The molecule has 0 spiro atoms. The maximum Gasteiger partial charge on any atom is 0.333 e. The van der Waals surface area contributed by atoms with Crippen molar-refractivity contribution >= 4 is 30.5 Å². The number of thiol groups is 1. The number of nitrogens with one attached hydrogen (secondary N) is 2. The lowest BCUT2D eigenvalue weighted by Crippen LogP contribution is -2.45. The van der Waals surface area contributed by atoms with Crippen LogP contribution in [0.5, 0.6) is 0 Å². The summed E-state index contributed by atoms with van der Waals surface area (Å²) in [5, 5.41) is 5.25. The van der Waals surface area contributed by atoms with Crippen molar-refractivity contribution in [3.63, 3.8) is 0 Å². The Hall–Kier alpha value is -2.80. The predicted octanol–water partition coefficient (Wildman–Crippen LogP) is 3.15. The highest BCUT2D eigenvalue weighted by atomic mass is 32.1. The zero-order chi connectivity index (χ0) is 19.2. The fourth-order valence-electron chi connectivity index (χ4n) is 2.88. The summed E-state index contributed by atoms with van der Waals surface area (Å²) in [7, 11) is 0. The number of imide groups is 1. The number of urea groups is 1. The molecule has 0 atom stereocenters. The summed E-state index contributed by atoms with van der Waals surface area (Å²) < 4.78 is 0. The van der Waals surface area contributed by atoms with Crippen LogP contribution in [0.3, 0.4) is 0 Å². The molecule has 1 aromatic rings. The lowest BCUT2D eigenvalue weighted by molar-refractivity contribution is -0.120. The molecule has 2 heterocycles.